The number of aliphatic hydroxyl groups is 1. The number of rotatable bonds is 3. The van der Waals surface area contributed by atoms with Crippen LogP contribution in [0.5, 0.6) is 0 Å². The maximum absolute atomic E-state index is 8.82. The van der Waals surface area contributed by atoms with Gasteiger partial charge in [0.1, 0.15) is 0 Å². The van der Waals surface area contributed by atoms with Crippen molar-refractivity contribution in [1.29, 1.82) is 0 Å². The van der Waals surface area contributed by atoms with Gasteiger partial charge in [-0.1, -0.05) is 15.9 Å². The molecule has 0 radical (unpaired) electrons. The highest BCUT2D eigenvalue weighted by Crippen LogP contribution is 2.29. The maximum Gasteiger partial charge on any atom is 0.0743 e. The summed E-state index contributed by atoms with van der Waals surface area (Å²) in [4.78, 5) is 4.24. The van der Waals surface area contributed by atoms with Crippen molar-refractivity contribution in [1.82, 2.24) is 4.98 Å². The standard InChI is InChI=1S/C11H12BrN3O/c12-7-1-2-10-8(5-7)11(14-3-4-16)9(13)6-15-10/h1-2,5-6,16H,3-4,13H2,(H,14,15). The Bertz CT molecular complexity index is 511. The molecular weight excluding hydrogens is 270 g/mol. The second-order valence-electron chi connectivity index (χ2n) is 3.40. The van der Waals surface area contributed by atoms with Crippen LogP contribution in [0.15, 0.2) is 28.9 Å². The van der Waals surface area contributed by atoms with Crippen LogP contribution in [-0.4, -0.2) is 23.2 Å². The number of hydrogen-bond donors (Lipinski definition) is 3. The van der Waals surface area contributed by atoms with E-state index in [2.05, 4.69) is 26.2 Å². The highest BCUT2D eigenvalue weighted by molar-refractivity contribution is 9.10. The van der Waals surface area contributed by atoms with Crippen molar-refractivity contribution in [3.8, 4) is 0 Å². The first-order chi connectivity index (χ1) is 7.72. The minimum atomic E-state index is 0.0667. The van der Waals surface area contributed by atoms with Gasteiger partial charge in [0.15, 0.2) is 0 Å². The Labute approximate surface area is 102 Å². The zero-order valence-electron chi connectivity index (χ0n) is 8.57. The zero-order chi connectivity index (χ0) is 11.5. The van der Waals surface area contributed by atoms with Gasteiger partial charge in [0.05, 0.1) is 29.7 Å². The van der Waals surface area contributed by atoms with Gasteiger partial charge in [-0.2, -0.15) is 0 Å². The van der Waals surface area contributed by atoms with Crippen LogP contribution in [0.3, 0.4) is 0 Å². The van der Waals surface area contributed by atoms with Gasteiger partial charge in [-0.05, 0) is 18.2 Å². The van der Waals surface area contributed by atoms with E-state index in [1.54, 1.807) is 6.20 Å². The molecule has 0 atom stereocenters. The fraction of sp³-hybridized carbons (Fsp3) is 0.182. The number of pyridine rings is 1. The SMILES string of the molecule is Nc1cnc2ccc(Br)cc2c1NCCO. The Kier molecular flexibility index (Phi) is 3.26. The van der Waals surface area contributed by atoms with E-state index in [9.17, 15) is 0 Å². The number of fused-ring (bicyclic) bond motifs is 1. The normalized spacial score (nSPS) is 10.6. The predicted molar refractivity (Wildman–Crippen MR) is 69.4 cm³/mol. The molecule has 4 N–H and O–H groups in total. The van der Waals surface area contributed by atoms with E-state index in [4.69, 9.17) is 10.8 Å². The molecule has 16 heavy (non-hydrogen) atoms. The second kappa shape index (κ2) is 4.67. The van der Waals surface area contributed by atoms with E-state index >= 15 is 0 Å². The number of halogens is 1. The molecule has 0 aliphatic rings. The highest BCUT2D eigenvalue weighted by Gasteiger charge is 2.06. The minimum Gasteiger partial charge on any atom is -0.396 e. The maximum atomic E-state index is 8.82. The van der Waals surface area contributed by atoms with Gasteiger partial charge < -0.3 is 16.2 Å². The van der Waals surface area contributed by atoms with Crippen molar-refractivity contribution in [2.45, 2.75) is 0 Å². The number of benzene rings is 1. The number of nitrogens with zero attached hydrogens (tertiary/aromatic N) is 1. The quantitative estimate of drug-likeness (QED) is 0.805. The third-order valence-electron chi connectivity index (χ3n) is 2.27. The van der Waals surface area contributed by atoms with Crippen molar-refractivity contribution in [2.24, 2.45) is 0 Å². The summed E-state index contributed by atoms with van der Waals surface area (Å²) in [5.74, 6) is 0. The van der Waals surface area contributed by atoms with Crippen molar-refractivity contribution in [2.75, 3.05) is 24.2 Å². The topological polar surface area (TPSA) is 71.2 Å². The predicted octanol–water partition coefficient (Wildman–Crippen LogP) is 1.98. The molecule has 2 aromatic rings. The first-order valence-electron chi connectivity index (χ1n) is 4.91. The van der Waals surface area contributed by atoms with Crippen LogP contribution < -0.4 is 11.1 Å². The molecule has 0 saturated heterocycles. The number of anilines is 2. The van der Waals surface area contributed by atoms with Crippen LogP contribution >= 0.6 is 15.9 Å². The zero-order valence-corrected chi connectivity index (χ0v) is 10.2. The Balaban J connectivity index is 2.58. The summed E-state index contributed by atoms with van der Waals surface area (Å²) in [6.07, 6.45) is 1.62. The van der Waals surface area contributed by atoms with Gasteiger partial charge in [0.25, 0.3) is 0 Å². The summed E-state index contributed by atoms with van der Waals surface area (Å²) in [5, 5.41) is 12.9. The van der Waals surface area contributed by atoms with Gasteiger partial charge in [0.2, 0.25) is 0 Å². The number of nitrogens with one attached hydrogen (secondary N) is 1. The lowest BCUT2D eigenvalue weighted by Crippen LogP contribution is -2.08. The molecule has 0 bridgehead atoms. The summed E-state index contributed by atoms with van der Waals surface area (Å²) in [7, 11) is 0. The van der Waals surface area contributed by atoms with Crippen LogP contribution in [0, 0.1) is 0 Å². The molecule has 0 unspecified atom stereocenters. The smallest absolute Gasteiger partial charge is 0.0743 e. The Morgan fingerprint density at radius 3 is 3.00 bits per heavy atom. The fourth-order valence-corrected chi connectivity index (χ4v) is 1.92. The summed E-state index contributed by atoms with van der Waals surface area (Å²) in [6.45, 7) is 0.535. The molecule has 2 rings (SSSR count). The second-order valence-corrected chi connectivity index (χ2v) is 4.32. The third-order valence-corrected chi connectivity index (χ3v) is 2.77. The molecule has 5 heteroatoms. The largest absolute Gasteiger partial charge is 0.396 e. The van der Waals surface area contributed by atoms with Crippen molar-refractivity contribution < 1.29 is 5.11 Å². The van der Waals surface area contributed by atoms with Gasteiger partial charge in [-0.15, -0.1) is 0 Å². The Morgan fingerprint density at radius 1 is 1.44 bits per heavy atom. The average molecular weight is 282 g/mol. The summed E-state index contributed by atoms with van der Waals surface area (Å²) in [5.41, 5.74) is 8.13. The number of aliphatic hydroxyl groups excluding tert-OH is 1. The Hall–Kier alpha value is -1.33. The number of nitrogens with two attached hydrogens (primary N) is 1. The van der Waals surface area contributed by atoms with Crippen molar-refractivity contribution >= 4 is 38.2 Å². The Morgan fingerprint density at radius 2 is 2.25 bits per heavy atom. The van der Waals surface area contributed by atoms with E-state index in [-0.39, 0.29) is 6.61 Å². The van der Waals surface area contributed by atoms with Gasteiger partial charge in [-0.25, -0.2) is 0 Å². The number of hydrogen-bond acceptors (Lipinski definition) is 4. The van der Waals surface area contributed by atoms with Crippen LogP contribution in [0.1, 0.15) is 0 Å². The lowest BCUT2D eigenvalue weighted by Gasteiger charge is -2.11. The summed E-state index contributed by atoms with van der Waals surface area (Å²) in [6, 6.07) is 5.81. The van der Waals surface area contributed by atoms with E-state index in [0.29, 0.717) is 12.2 Å². The van der Waals surface area contributed by atoms with E-state index < -0.39 is 0 Å². The van der Waals surface area contributed by atoms with Crippen LogP contribution in [0.4, 0.5) is 11.4 Å². The molecule has 0 saturated carbocycles. The minimum absolute atomic E-state index is 0.0667. The van der Waals surface area contributed by atoms with E-state index in [0.717, 1.165) is 21.1 Å². The van der Waals surface area contributed by atoms with Gasteiger partial charge >= 0.3 is 0 Å². The molecule has 0 spiro atoms. The lowest BCUT2D eigenvalue weighted by atomic mass is 10.1. The fourth-order valence-electron chi connectivity index (χ4n) is 1.56. The van der Waals surface area contributed by atoms with Gasteiger partial charge in [0, 0.05) is 16.4 Å². The van der Waals surface area contributed by atoms with Crippen LogP contribution in [0.2, 0.25) is 0 Å². The number of aromatic nitrogens is 1. The molecular formula is C11H12BrN3O. The first-order valence-corrected chi connectivity index (χ1v) is 5.70. The first kappa shape index (κ1) is 11.2. The lowest BCUT2D eigenvalue weighted by molar-refractivity contribution is 0.311. The molecule has 84 valence electrons. The third kappa shape index (κ3) is 2.10. The molecule has 1 aromatic carbocycles. The molecule has 4 nitrogen and oxygen atoms in total. The van der Waals surface area contributed by atoms with Crippen molar-refractivity contribution in [3.05, 3.63) is 28.9 Å². The van der Waals surface area contributed by atoms with Crippen LogP contribution in [-0.2, 0) is 0 Å². The average Bonchev–Trinajstić information content (AvgIpc) is 2.28. The molecule has 1 aromatic heterocycles. The summed E-state index contributed by atoms with van der Waals surface area (Å²) >= 11 is 3.41. The highest BCUT2D eigenvalue weighted by atomic mass is 79.9. The molecule has 0 aliphatic carbocycles. The van der Waals surface area contributed by atoms with Crippen LogP contribution in [0.25, 0.3) is 10.9 Å². The monoisotopic (exact) mass is 281 g/mol. The van der Waals surface area contributed by atoms with E-state index in [1.165, 1.54) is 0 Å². The summed E-state index contributed by atoms with van der Waals surface area (Å²) < 4.78 is 0.972. The number of nitrogen functional groups attached to an aromatic ring is 1. The van der Waals surface area contributed by atoms with Crippen molar-refractivity contribution in [3.63, 3.8) is 0 Å². The molecule has 0 amide bonds. The van der Waals surface area contributed by atoms with Gasteiger partial charge in [-0.3, -0.25) is 4.98 Å². The molecule has 0 aliphatic heterocycles. The molecule has 0 fully saturated rings. The van der Waals surface area contributed by atoms with E-state index in [1.807, 2.05) is 18.2 Å². The molecule has 1 heterocycles.